The first kappa shape index (κ1) is 14.0. The maximum atomic E-state index is 11.5. The van der Waals surface area contributed by atoms with Crippen LogP contribution in [-0.4, -0.2) is 25.4 Å². The normalized spacial score (nSPS) is 9.83. The van der Waals surface area contributed by atoms with E-state index >= 15 is 0 Å². The van der Waals surface area contributed by atoms with E-state index in [-0.39, 0.29) is 11.8 Å². The number of aryl methyl sites for hydroxylation is 1. The molecule has 2 amide bonds. The third kappa shape index (κ3) is 5.34. The van der Waals surface area contributed by atoms with E-state index in [0.29, 0.717) is 31.5 Å². The molecule has 0 aromatic heterocycles. The Morgan fingerprint density at radius 2 is 2.00 bits per heavy atom. The Morgan fingerprint density at radius 1 is 1.22 bits per heavy atom. The zero-order valence-corrected chi connectivity index (χ0v) is 10.5. The maximum Gasteiger partial charge on any atom is 0.221 e. The van der Waals surface area contributed by atoms with Gasteiger partial charge in [-0.2, -0.15) is 0 Å². The molecule has 0 aliphatic rings. The molecule has 0 heterocycles. The summed E-state index contributed by atoms with van der Waals surface area (Å²) in [4.78, 5) is 22.4. The molecule has 0 saturated heterocycles. The van der Waals surface area contributed by atoms with Crippen LogP contribution in [0.4, 0.5) is 5.69 Å². The number of hydrogen-bond acceptors (Lipinski definition) is 3. The molecular formula is C13H19N3O2. The van der Waals surface area contributed by atoms with Crippen molar-refractivity contribution in [2.45, 2.75) is 19.3 Å². The molecule has 0 aliphatic carbocycles. The average Bonchev–Trinajstić information content (AvgIpc) is 2.36. The van der Waals surface area contributed by atoms with Gasteiger partial charge in [-0.25, -0.2) is 0 Å². The second kappa shape index (κ2) is 7.32. The highest BCUT2D eigenvalue weighted by atomic mass is 16.2. The Labute approximate surface area is 107 Å². The summed E-state index contributed by atoms with van der Waals surface area (Å²) in [5.74, 6) is -0.132. The van der Waals surface area contributed by atoms with Gasteiger partial charge in [0.25, 0.3) is 0 Å². The topological polar surface area (TPSA) is 84.2 Å². The van der Waals surface area contributed by atoms with Gasteiger partial charge in [-0.3, -0.25) is 9.59 Å². The number of carbonyl (C=O) groups is 2. The standard InChI is InChI=1S/C13H19N3O2/c1-15-12(17)7-8-16-13(18)6-5-10-3-2-4-11(14)9-10/h2-4,9H,5-8,14H2,1H3,(H,15,17)(H,16,18). The van der Waals surface area contributed by atoms with Crippen LogP contribution in [0.3, 0.4) is 0 Å². The molecule has 0 unspecified atom stereocenters. The monoisotopic (exact) mass is 249 g/mol. The Balaban J connectivity index is 2.23. The van der Waals surface area contributed by atoms with E-state index in [1.165, 1.54) is 0 Å². The molecule has 98 valence electrons. The first-order chi connectivity index (χ1) is 8.61. The quantitative estimate of drug-likeness (QED) is 0.640. The molecule has 0 atom stereocenters. The third-order valence-electron chi connectivity index (χ3n) is 2.54. The van der Waals surface area contributed by atoms with E-state index < -0.39 is 0 Å². The average molecular weight is 249 g/mol. The zero-order chi connectivity index (χ0) is 13.4. The molecule has 0 aliphatic heterocycles. The van der Waals surface area contributed by atoms with Crippen LogP contribution in [-0.2, 0) is 16.0 Å². The molecule has 5 heteroatoms. The van der Waals surface area contributed by atoms with Crippen molar-refractivity contribution in [1.82, 2.24) is 10.6 Å². The van der Waals surface area contributed by atoms with Crippen molar-refractivity contribution in [3.05, 3.63) is 29.8 Å². The van der Waals surface area contributed by atoms with E-state index in [1.54, 1.807) is 7.05 Å². The van der Waals surface area contributed by atoms with Gasteiger partial charge in [0.2, 0.25) is 11.8 Å². The fourth-order valence-electron chi connectivity index (χ4n) is 1.54. The Kier molecular flexibility index (Phi) is 5.70. The largest absolute Gasteiger partial charge is 0.399 e. The summed E-state index contributed by atoms with van der Waals surface area (Å²) in [5, 5.41) is 5.20. The van der Waals surface area contributed by atoms with Crippen molar-refractivity contribution in [3.8, 4) is 0 Å². The molecule has 0 saturated carbocycles. The third-order valence-corrected chi connectivity index (χ3v) is 2.54. The predicted molar refractivity (Wildman–Crippen MR) is 70.9 cm³/mol. The molecule has 1 rings (SSSR count). The number of nitrogens with two attached hydrogens (primary N) is 1. The smallest absolute Gasteiger partial charge is 0.221 e. The number of carbonyl (C=O) groups excluding carboxylic acids is 2. The SMILES string of the molecule is CNC(=O)CCNC(=O)CCc1cccc(N)c1. The summed E-state index contributed by atoms with van der Waals surface area (Å²) in [6.07, 6.45) is 1.36. The first-order valence-electron chi connectivity index (χ1n) is 5.93. The number of nitrogen functional groups attached to an aromatic ring is 1. The van der Waals surface area contributed by atoms with Crippen molar-refractivity contribution in [2.24, 2.45) is 0 Å². The van der Waals surface area contributed by atoms with Crippen LogP contribution in [0.5, 0.6) is 0 Å². The van der Waals surface area contributed by atoms with E-state index in [1.807, 2.05) is 24.3 Å². The van der Waals surface area contributed by atoms with Crippen molar-refractivity contribution in [2.75, 3.05) is 19.3 Å². The van der Waals surface area contributed by atoms with Crippen molar-refractivity contribution >= 4 is 17.5 Å². The van der Waals surface area contributed by atoms with E-state index in [2.05, 4.69) is 10.6 Å². The second-order valence-electron chi connectivity index (χ2n) is 4.02. The van der Waals surface area contributed by atoms with Gasteiger partial charge in [0, 0.05) is 32.1 Å². The minimum atomic E-state index is -0.0777. The first-order valence-corrected chi connectivity index (χ1v) is 5.93. The molecule has 4 N–H and O–H groups in total. The van der Waals surface area contributed by atoms with Crippen LogP contribution < -0.4 is 16.4 Å². The molecule has 0 spiro atoms. The lowest BCUT2D eigenvalue weighted by atomic mass is 10.1. The number of anilines is 1. The van der Waals surface area contributed by atoms with E-state index in [4.69, 9.17) is 5.73 Å². The molecule has 1 aromatic carbocycles. The number of amides is 2. The number of rotatable bonds is 6. The summed E-state index contributed by atoms with van der Waals surface area (Å²) in [6.45, 7) is 0.370. The van der Waals surface area contributed by atoms with Crippen molar-refractivity contribution in [3.63, 3.8) is 0 Å². The van der Waals surface area contributed by atoms with Gasteiger partial charge in [0.05, 0.1) is 0 Å². The highest BCUT2D eigenvalue weighted by molar-refractivity contribution is 5.78. The summed E-state index contributed by atoms with van der Waals surface area (Å²) in [7, 11) is 1.57. The number of hydrogen-bond donors (Lipinski definition) is 3. The lowest BCUT2D eigenvalue weighted by Gasteiger charge is -2.05. The molecule has 5 nitrogen and oxygen atoms in total. The Bertz CT molecular complexity index is 418. The Morgan fingerprint density at radius 3 is 2.67 bits per heavy atom. The summed E-state index contributed by atoms with van der Waals surface area (Å²) >= 11 is 0. The van der Waals surface area contributed by atoms with Crippen LogP contribution in [0.25, 0.3) is 0 Å². The van der Waals surface area contributed by atoms with Crippen LogP contribution in [0.1, 0.15) is 18.4 Å². The lowest BCUT2D eigenvalue weighted by molar-refractivity contribution is -0.122. The van der Waals surface area contributed by atoms with Crippen LogP contribution in [0.15, 0.2) is 24.3 Å². The van der Waals surface area contributed by atoms with Gasteiger partial charge in [0.1, 0.15) is 0 Å². The highest BCUT2D eigenvalue weighted by Crippen LogP contribution is 2.08. The van der Waals surface area contributed by atoms with Gasteiger partial charge in [-0.05, 0) is 24.1 Å². The van der Waals surface area contributed by atoms with Crippen LogP contribution in [0.2, 0.25) is 0 Å². The van der Waals surface area contributed by atoms with E-state index in [9.17, 15) is 9.59 Å². The van der Waals surface area contributed by atoms with Crippen molar-refractivity contribution in [1.29, 1.82) is 0 Å². The van der Waals surface area contributed by atoms with Gasteiger partial charge < -0.3 is 16.4 Å². The Hall–Kier alpha value is -2.04. The molecule has 0 fully saturated rings. The fourth-order valence-corrected chi connectivity index (χ4v) is 1.54. The lowest BCUT2D eigenvalue weighted by Crippen LogP contribution is -2.29. The number of benzene rings is 1. The molecular weight excluding hydrogens is 230 g/mol. The fraction of sp³-hybridized carbons (Fsp3) is 0.385. The molecule has 1 aromatic rings. The van der Waals surface area contributed by atoms with Crippen LogP contribution >= 0.6 is 0 Å². The van der Waals surface area contributed by atoms with Gasteiger partial charge in [0.15, 0.2) is 0 Å². The molecule has 18 heavy (non-hydrogen) atoms. The van der Waals surface area contributed by atoms with Crippen LogP contribution in [0, 0.1) is 0 Å². The van der Waals surface area contributed by atoms with E-state index in [0.717, 1.165) is 5.56 Å². The minimum Gasteiger partial charge on any atom is -0.399 e. The second-order valence-corrected chi connectivity index (χ2v) is 4.02. The zero-order valence-electron chi connectivity index (χ0n) is 10.5. The van der Waals surface area contributed by atoms with Crippen molar-refractivity contribution < 1.29 is 9.59 Å². The minimum absolute atomic E-state index is 0.0543. The summed E-state index contributed by atoms with van der Waals surface area (Å²) in [6, 6.07) is 7.48. The maximum absolute atomic E-state index is 11.5. The summed E-state index contributed by atoms with van der Waals surface area (Å²) < 4.78 is 0. The van der Waals surface area contributed by atoms with Gasteiger partial charge in [-0.15, -0.1) is 0 Å². The highest BCUT2D eigenvalue weighted by Gasteiger charge is 2.03. The summed E-state index contributed by atoms with van der Waals surface area (Å²) in [5.41, 5.74) is 7.39. The van der Waals surface area contributed by atoms with Gasteiger partial charge in [-0.1, -0.05) is 12.1 Å². The molecule has 0 bridgehead atoms. The molecule has 0 radical (unpaired) electrons. The predicted octanol–water partition coefficient (Wildman–Crippen LogP) is 0.454. The van der Waals surface area contributed by atoms with Gasteiger partial charge >= 0.3 is 0 Å². The number of nitrogens with one attached hydrogen (secondary N) is 2.